The van der Waals surface area contributed by atoms with Crippen molar-refractivity contribution in [2.45, 2.75) is 25.5 Å². The van der Waals surface area contributed by atoms with Gasteiger partial charge >= 0.3 is 0 Å². The summed E-state index contributed by atoms with van der Waals surface area (Å²) in [6.45, 7) is 11.9. The van der Waals surface area contributed by atoms with Crippen molar-refractivity contribution in [3.63, 3.8) is 0 Å². The Labute approximate surface area is 195 Å². The molecule has 176 valence electrons. The average Bonchev–Trinajstić information content (AvgIpc) is 2.99. The number of aromatic nitrogens is 2. The molecular formula is C24H33N7O2. The van der Waals surface area contributed by atoms with Crippen molar-refractivity contribution >= 4 is 23.0 Å². The van der Waals surface area contributed by atoms with Crippen LogP contribution in [0.15, 0.2) is 24.5 Å². The van der Waals surface area contributed by atoms with Crippen molar-refractivity contribution in [3.8, 4) is 5.75 Å². The van der Waals surface area contributed by atoms with Crippen molar-refractivity contribution in [3.05, 3.63) is 30.1 Å². The lowest BCUT2D eigenvalue weighted by molar-refractivity contribution is 0.122. The van der Waals surface area contributed by atoms with Crippen LogP contribution in [-0.4, -0.2) is 86.5 Å². The molecule has 0 aliphatic carbocycles. The number of hydrogen-bond donors (Lipinski definition) is 2. The standard InChI is InChI=1S/C24H33N7O2/c1-2-20-22-23(26-16-27-24(22)31-9-11-32-12-10-31)28-19-13-17(3-4-21(19)33-20)29-5-7-30(8-6-29)18-14-25-15-18/h3-4,13,16,18,20,25H,2,5-12,14-15H2,1H3,(H,26,27,28)/t20-/m0/s1. The quantitative estimate of drug-likeness (QED) is 0.726. The minimum absolute atomic E-state index is 0.0988. The van der Waals surface area contributed by atoms with Gasteiger partial charge in [0.05, 0.1) is 24.5 Å². The van der Waals surface area contributed by atoms with Gasteiger partial charge in [0.2, 0.25) is 0 Å². The number of fused-ring (bicyclic) bond motifs is 2. The summed E-state index contributed by atoms with van der Waals surface area (Å²) in [5.41, 5.74) is 3.25. The van der Waals surface area contributed by atoms with Gasteiger partial charge in [-0.3, -0.25) is 4.90 Å². The average molecular weight is 452 g/mol. The Morgan fingerprint density at radius 3 is 2.55 bits per heavy atom. The fourth-order valence-electron chi connectivity index (χ4n) is 5.23. The molecule has 0 spiro atoms. The van der Waals surface area contributed by atoms with Crippen LogP contribution in [0.4, 0.5) is 23.0 Å². The molecule has 6 rings (SSSR count). The monoisotopic (exact) mass is 451 g/mol. The van der Waals surface area contributed by atoms with Crippen LogP contribution in [0, 0.1) is 0 Å². The van der Waals surface area contributed by atoms with E-state index in [1.807, 2.05) is 0 Å². The number of nitrogens with one attached hydrogen (secondary N) is 2. The summed E-state index contributed by atoms with van der Waals surface area (Å²) in [7, 11) is 0. The van der Waals surface area contributed by atoms with Gasteiger partial charge in [0, 0.05) is 64.1 Å². The van der Waals surface area contributed by atoms with E-state index in [4.69, 9.17) is 9.47 Å². The molecule has 1 aromatic heterocycles. The number of hydrogen-bond acceptors (Lipinski definition) is 9. The van der Waals surface area contributed by atoms with Gasteiger partial charge in [0.25, 0.3) is 0 Å². The predicted molar refractivity (Wildman–Crippen MR) is 129 cm³/mol. The van der Waals surface area contributed by atoms with Gasteiger partial charge < -0.3 is 29.9 Å². The summed E-state index contributed by atoms with van der Waals surface area (Å²) in [5.74, 6) is 2.67. The largest absolute Gasteiger partial charge is 0.483 e. The number of piperazine rings is 1. The van der Waals surface area contributed by atoms with E-state index in [0.29, 0.717) is 0 Å². The SMILES string of the molecule is CC[C@@H]1Oc2ccc(N3CCN(C4CNC4)CC3)cc2Nc2ncnc(N3CCOCC3)c21. The summed E-state index contributed by atoms with van der Waals surface area (Å²) in [6, 6.07) is 7.24. The highest BCUT2D eigenvalue weighted by Crippen LogP contribution is 2.43. The van der Waals surface area contributed by atoms with E-state index >= 15 is 0 Å². The zero-order valence-corrected chi connectivity index (χ0v) is 19.3. The molecule has 2 N–H and O–H groups in total. The Bertz CT molecular complexity index is 985. The maximum Gasteiger partial charge on any atom is 0.143 e. The third-order valence-electron chi connectivity index (χ3n) is 7.31. The first kappa shape index (κ1) is 20.9. The maximum absolute atomic E-state index is 6.54. The molecule has 0 amide bonds. The molecule has 5 heterocycles. The van der Waals surface area contributed by atoms with Crippen LogP contribution in [0.25, 0.3) is 0 Å². The summed E-state index contributed by atoms with van der Waals surface area (Å²) in [5, 5.41) is 6.98. The van der Waals surface area contributed by atoms with Crippen molar-refractivity contribution in [1.29, 1.82) is 0 Å². The van der Waals surface area contributed by atoms with Crippen molar-refractivity contribution in [1.82, 2.24) is 20.2 Å². The lowest BCUT2D eigenvalue weighted by Gasteiger charge is -2.44. The van der Waals surface area contributed by atoms with Crippen molar-refractivity contribution in [2.24, 2.45) is 0 Å². The predicted octanol–water partition coefficient (Wildman–Crippen LogP) is 1.99. The molecule has 2 aromatic rings. The molecule has 9 heteroatoms. The van der Waals surface area contributed by atoms with E-state index in [-0.39, 0.29) is 6.10 Å². The molecule has 0 unspecified atom stereocenters. The van der Waals surface area contributed by atoms with Gasteiger partial charge in [-0.25, -0.2) is 9.97 Å². The number of benzene rings is 1. The minimum Gasteiger partial charge on any atom is -0.483 e. The van der Waals surface area contributed by atoms with E-state index in [0.717, 1.165) is 107 Å². The van der Waals surface area contributed by atoms with Gasteiger partial charge in [0.1, 0.15) is 29.8 Å². The number of ether oxygens (including phenoxy) is 2. The van der Waals surface area contributed by atoms with Gasteiger partial charge in [0.15, 0.2) is 0 Å². The Morgan fingerprint density at radius 1 is 1.00 bits per heavy atom. The van der Waals surface area contributed by atoms with E-state index in [9.17, 15) is 0 Å². The molecular weight excluding hydrogens is 418 g/mol. The smallest absolute Gasteiger partial charge is 0.143 e. The molecule has 1 aromatic carbocycles. The zero-order chi connectivity index (χ0) is 22.2. The second kappa shape index (κ2) is 8.96. The Kier molecular flexibility index (Phi) is 5.69. The van der Waals surface area contributed by atoms with Crippen LogP contribution in [0.3, 0.4) is 0 Å². The van der Waals surface area contributed by atoms with Gasteiger partial charge in [-0.1, -0.05) is 6.92 Å². The van der Waals surface area contributed by atoms with Crippen LogP contribution in [0.1, 0.15) is 25.0 Å². The number of anilines is 4. The summed E-state index contributed by atoms with van der Waals surface area (Å²) >= 11 is 0. The number of morpholine rings is 1. The second-order valence-electron chi connectivity index (χ2n) is 9.21. The summed E-state index contributed by atoms with van der Waals surface area (Å²) < 4.78 is 12.1. The highest BCUT2D eigenvalue weighted by molar-refractivity contribution is 5.75. The first-order chi connectivity index (χ1) is 16.3. The fourth-order valence-corrected chi connectivity index (χ4v) is 5.23. The number of nitrogens with zero attached hydrogens (tertiary/aromatic N) is 5. The molecule has 3 fully saturated rings. The Balaban J connectivity index is 1.26. The van der Waals surface area contributed by atoms with Crippen LogP contribution in [0.2, 0.25) is 0 Å². The summed E-state index contributed by atoms with van der Waals surface area (Å²) in [6.07, 6.45) is 2.41. The van der Waals surface area contributed by atoms with Crippen molar-refractivity contribution < 1.29 is 9.47 Å². The van der Waals surface area contributed by atoms with Crippen LogP contribution in [0.5, 0.6) is 5.75 Å². The molecule has 0 bridgehead atoms. The van der Waals surface area contributed by atoms with Gasteiger partial charge in [-0.2, -0.15) is 0 Å². The minimum atomic E-state index is -0.0988. The normalized spacial score (nSPS) is 23.6. The van der Waals surface area contributed by atoms with E-state index in [2.05, 4.69) is 60.4 Å². The maximum atomic E-state index is 6.54. The molecule has 0 saturated carbocycles. The molecule has 1 atom stereocenters. The topological polar surface area (TPSA) is 78.0 Å². The van der Waals surface area contributed by atoms with Gasteiger partial charge in [-0.15, -0.1) is 0 Å². The van der Waals surface area contributed by atoms with E-state index < -0.39 is 0 Å². The highest BCUT2D eigenvalue weighted by atomic mass is 16.5. The fraction of sp³-hybridized carbons (Fsp3) is 0.583. The van der Waals surface area contributed by atoms with Crippen molar-refractivity contribution in [2.75, 3.05) is 80.7 Å². The van der Waals surface area contributed by atoms with Crippen LogP contribution < -0.4 is 25.2 Å². The van der Waals surface area contributed by atoms with Crippen LogP contribution in [-0.2, 0) is 4.74 Å². The first-order valence-corrected chi connectivity index (χ1v) is 12.2. The lowest BCUT2D eigenvalue weighted by atomic mass is 10.1. The number of rotatable bonds is 4. The molecule has 33 heavy (non-hydrogen) atoms. The van der Waals surface area contributed by atoms with E-state index in [1.54, 1.807) is 6.33 Å². The molecule has 4 aliphatic heterocycles. The highest BCUT2D eigenvalue weighted by Gasteiger charge is 2.31. The lowest BCUT2D eigenvalue weighted by Crippen LogP contribution is -2.61. The molecule has 3 saturated heterocycles. The van der Waals surface area contributed by atoms with Gasteiger partial charge in [-0.05, 0) is 24.6 Å². The molecule has 4 aliphatic rings. The van der Waals surface area contributed by atoms with Crippen LogP contribution >= 0.6 is 0 Å². The third kappa shape index (κ3) is 3.98. The Hall–Kier alpha value is -2.62. The Morgan fingerprint density at radius 2 is 1.82 bits per heavy atom. The molecule has 0 radical (unpaired) electrons. The van der Waals surface area contributed by atoms with E-state index in [1.165, 1.54) is 5.69 Å². The summed E-state index contributed by atoms with van der Waals surface area (Å²) in [4.78, 5) is 16.7. The second-order valence-corrected chi connectivity index (χ2v) is 9.21. The zero-order valence-electron chi connectivity index (χ0n) is 19.3. The molecule has 9 nitrogen and oxygen atoms in total. The first-order valence-electron chi connectivity index (χ1n) is 12.2. The third-order valence-corrected chi connectivity index (χ3v) is 7.31.